The van der Waals surface area contributed by atoms with Crippen LogP contribution in [0.3, 0.4) is 0 Å². The van der Waals surface area contributed by atoms with E-state index in [9.17, 15) is 8.42 Å². The molecular weight excluding hydrogens is 322 g/mol. The van der Waals surface area contributed by atoms with Gasteiger partial charge < -0.3 is 4.74 Å². The van der Waals surface area contributed by atoms with Gasteiger partial charge in [-0.3, -0.25) is 0 Å². The molecule has 3 rings (SSSR count). The zero-order chi connectivity index (χ0) is 17.2. The number of para-hydroxylation sites is 1. The predicted octanol–water partition coefficient (Wildman–Crippen LogP) is 3.54. The maximum absolute atomic E-state index is 12.8. The Morgan fingerprint density at radius 2 is 1.62 bits per heavy atom. The first-order valence-corrected chi connectivity index (χ1v) is 9.70. The van der Waals surface area contributed by atoms with Crippen molar-refractivity contribution in [3.8, 4) is 5.75 Å². The standard InChI is InChI=1S/C19H23NO3S/c1-15-8-9-19(14-16(15)2)24(21,22)20-12-10-18(11-13-20)23-17-6-4-3-5-7-17/h3-9,14,18H,10-13H2,1-2H3. The molecule has 0 N–H and O–H groups in total. The molecule has 1 aliphatic rings. The van der Waals surface area contributed by atoms with Crippen molar-refractivity contribution in [2.75, 3.05) is 13.1 Å². The lowest BCUT2D eigenvalue weighted by atomic mass is 10.1. The molecule has 0 amide bonds. The first-order valence-electron chi connectivity index (χ1n) is 8.26. The fourth-order valence-corrected chi connectivity index (χ4v) is 4.46. The van der Waals surface area contributed by atoms with E-state index in [-0.39, 0.29) is 6.10 Å². The van der Waals surface area contributed by atoms with Crippen molar-refractivity contribution in [1.29, 1.82) is 0 Å². The molecule has 0 aromatic heterocycles. The highest BCUT2D eigenvalue weighted by atomic mass is 32.2. The van der Waals surface area contributed by atoms with Gasteiger partial charge in [-0.1, -0.05) is 24.3 Å². The number of ether oxygens (including phenoxy) is 1. The van der Waals surface area contributed by atoms with E-state index in [1.807, 2.05) is 50.2 Å². The molecule has 24 heavy (non-hydrogen) atoms. The van der Waals surface area contributed by atoms with Crippen LogP contribution in [-0.4, -0.2) is 31.9 Å². The third-order valence-corrected chi connectivity index (χ3v) is 6.46. The van der Waals surface area contributed by atoms with Crippen LogP contribution in [0, 0.1) is 13.8 Å². The number of benzene rings is 2. The van der Waals surface area contributed by atoms with Gasteiger partial charge in [0.25, 0.3) is 0 Å². The maximum atomic E-state index is 12.8. The van der Waals surface area contributed by atoms with Crippen molar-refractivity contribution < 1.29 is 13.2 Å². The maximum Gasteiger partial charge on any atom is 0.243 e. The monoisotopic (exact) mass is 345 g/mol. The molecule has 0 atom stereocenters. The molecule has 0 radical (unpaired) electrons. The van der Waals surface area contributed by atoms with Gasteiger partial charge in [0.05, 0.1) is 4.90 Å². The van der Waals surface area contributed by atoms with E-state index >= 15 is 0 Å². The largest absolute Gasteiger partial charge is 0.490 e. The Morgan fingerprint density at radius 1 is 0.958 bits per heavy atom. The van der Waals surface area contributed by atoms with Crippen molar-refractivity contribution in [3.63, 3.8) is 0 Å². The third-order valence-electron chi connectivity index (χ3n) is 4.56. The average molecular weight is 345 g/mol. The van der Waals surface area contributed by atoms with Crippen LogP contribution in [0.25, 0.3) is 0 Å². The highest BCUT2D eigenvalue weighted by molar-refractivity contribution is 7.89. The van der Waals surface area contributed by atoms with Crippen LogP contribution >= 0.6 is 0 Å². The SMILES string of the molecule is Cc1ccc(S(=O)(=O)N2CCC(Oc3ccccc3)CC2)cc1C. The quantitative estimate of drug-likeness (QED) is 0.851. The van der Waals surface area contributed by atoms with Gasteiger partial charge in [-0.15, -0.1) is 0 Å². The molecule has 2 aromatic rings. The van der Waals surface area contributed by atoms with Gasteiger partial charge in [-0.25, -0.2) is 8.42 Å². The Kier molecular flexibility index (Phi) is 4.92. The van der Waals surface area contributed by atoms with E-state index in [1.165, 1.54) is 0 Å². The van der Waals surface area contributed by atoms with Gasteiger partial charge in [-0.05, 0) is 62.1 Å². The van der Waals surface area contributed by atoms with Gasteiger partial charge in [-0.2, -0.15) is 4.31 Å². The summed E-state index contributed by atoms with van der Waals surface area (Å²) in [4.78, 5) is 0.382. The van der Waals surface area contributed by atoms with Crippen LogP contribution in [0.1, 0.15) is 24.0 Å². The Hall–Kier alpha value is -1.85. The molecule has 5 heteroatoms. The summed E-state index contributed by atoms with van der Waals surface area (Å²) >= 11 is 0. The number of rotatable bonds is 4. The highest BCUT2D eigenvalue weighted by Crippen LogP contribution is 2.24. The minimum Gasteiger partial charge on any atom is -0.490 e. The normalized spacial score (nSPS) is 16.9. The molecule has 0 spiro atoms. The molecule has 0 saturated carbocycles. The molecule has 0 bridgehead atoms. The van der Waals surface area contributed by atoms with Gasteiger partial charge in [0.2, 0.25) is 10.0 Å². The van der Waals surface area contributed by atoms with Gasteiger partial charge >= 0.3 is 0 Å². The van der Waals surface area contributed by atoms with Crippen molar-refractivity contribution >= 4 is 10.0 Å². The Balaban J connectivity index is 1.66. The van der Waals surface area contributed by atoms with Crippen LogP contribution in [0.5, 0.6) is 5.75 Å². The summed E-state index contributed by atoms with van der Waals surface area (Å²) in [7, 11) is -3.42. The molecule has 1 aliphatic heterocycles. The number of sulfonamides is 1. The molecule has 128 valence electrons. The second kappa shape index (κ2) is 6.95. The summed E-state index contributed by atoms with van der Waals surface area (Å²) in [5.41, 5.74) is 2.10. The molecule has 2 aromatic carbocycles. The number of nitrogens with zero attached hydrogens (tertiary/aromatic N) is 1. The smallest absolute Gasteiger partial charge is 0.243 e. The summed E-state index contributed by atoms with van der Waals surface area (Å²) in [6.07, 6.45) is 1.48. The minimum absolute atomic E-state index is 0.0682. The van der Waals surface area contributed by atoms with Crippen LogP contribution in [0.4, 0.5) is 0 Å². The van der Waals surface area contributed by atoms with Crippen molar-refractivity contribution in [3.05, 3.63) is 59.7 Å². The zero-order valence-corrected chi connectivity index (χ0v) is 14.9. The van der Waals surface area contributed by atoms with E-state index < -0.39 is 10.0 Å². The Bertz CT molecular complexity index is 795. The van der Waals surface area contributed by atoms with Gasteiger partial charge in [0, 0.05) is 13.1 Å². The van der Waals surface area contributed by atoms with E-state index in [2.05, 4.69) is 0 Å². The third kappa shape index (κ3) is 3.62. The first kappa shape index (κ1) is 17.0. The number of piperidine rings is 1. The number of hydrogen-bond acceptors (Lipinski definition) is 3. The summed E-state index contributed by atoms with van der Waals surface area (Å²) in [5, 5.41) is 0. The zero-order valence-electron chi connectivity index (χ0n) is 14.1. The highest BCUT2D eigenvalue weighted by Gasteiger charge is 2.30. The molecule has 4 nitrogen and oxygen atoms in total. The predicted molar refractivity (Wildman–Crippen MR) is 94.8 cm³/mol. The number of aryl methyl sites for hydroxylation is 2. The lowest BCUT2D eigenvalue weighted by Gasteiger charge is -2.31. The number of hydrogen-bond donors (Lipinski definition) is 0. The van der Waals surface area contributed by atoms with E-state index in [0.29, 0.717) is 30.8 Å². The van der Waals surface area contributed by atoms with Crippen molar-refractivity contribution in [2.24, 2.45) is 0 Å². The summed E-state index contributed by atoms with van der Waals surface area (Å²) in [5.74, 6) is 0.841. The Morgan fingerprint density at radius 3 is 2.25 bits per heavy atom. The van der Waals surface area contributed by atoms with Gasteiger partial charge in [0.15, 0.2) is 0 Å². The minimum atomic E-state index is -3.42. The summed E-state index contributed by atoms with van der Waals surface area (Å²) in [6.45, 7) is 4.91. The van der Waals surface area contributed by atoms with Crippen LogP contribution in [0.2, 0.25) is 0 Å². The van der Waals surface area contributed by atoms with E-state index in [4.69, 9.17) is 4.74 Å². The Labute approximate surface area is 144 Å². The van der Waals surface area contributed by atoms with Crippen LogP contribution in [0.15, 0.2) is 53.4 Å². The fourth-order valence-electron chi connectivity index (χ4n) is 2.91. The van der Waals surface area contributed by atoms with E-state index in [1.54, 1.807) is 16.4 Å². The lowest BCUT2D eigenvalue weighted by Crippen LogP contribution is -2.41. The lowest BCUT2D eigenvalue weighted by molar-refractivity contribution is 0.135. The van der Waals surface area contributed by atoms with Crippen molar-refractivity contribution in [2.45, 2.75) is 37.7 Å². The summed E-state index contributed by atoms with van der Waals surface area (Å²) < 4.78 is 33.1. The fraction of sp³-hybridized carbons (Fsp3) is 0.368. The second-order valence-electron chi connectivity index (χ2n) is 6.28. The topological polar surface area (TPSA) is 46.6 Å². The van der Waals surface area contributed by atoms with E-state index in [0.717, 1.165) is 16.9 Å². The average Bonchev–Trinajstić information content (AvgIpc) is 2.58. The van der Waals surface area contributed by atoms with Crippen LogP contribution in [-0.2, 0) is 10.0 Å². The molecule has 0 aliphatic carbocycles. The first-order chi connectivity index (χ1) is 11.5. The van der Waals surface area contributed by atoms with Crippen molar-refractivity contribution in [1.82, 2.24) is 4.31 Å². The van der Waals surface area contributed by atoms with Crippen LogP contribution < -0.4 is 4.74 Å². The molecule has 0 unspecified atom stereocenters. The molecule has 1 heterocycles. The summed E-state index contributed by atoms with van der Waals surface area (Å²) in [6, 6.07) is 15.0. The molecule has 1 fully saturated rings. The second-order valence-corrected chi connectivity index (χ2v) is 8.22. The molecule has 1 saturated heterocycles. The molecular formula is C19H23NO3S. The van der Waals surface area contributed by atoms with Gasteiger partial charge in [0.1, 0.15) is 11.9 Å².